The van der Waals surface area contributed by atoms with Crippen LogP contribution in [0.4, 0.5) is 4.79 Å². The van der Waals surface area contributed by atoms with Crippen molar-refractivity contribution >= 4 is 12.0 Å². The third kappa shape index (κ3) is 4.18. The fraction of sp³-hybridized carbons (Fsp3) is 0.833. The summed E-state index contributed by atoms with van der Waals surface area (Å²) in [6.07, 6.45) is 2.60. The topological polar surface area (TPSA) is 89.9 Å². The molecule has 0 aromatic rings. The van der Waals surface area contributed by atoms with Gasteiger partial charge in [-0.15, -0.1) is 0 Å². The Bertz CT molecular complexity index is 317. The number of nitrogens with one attached hydrogen (secondary N) is 1. The molecular weight excluding hydrogens is 236 g/mol. The number of amides is 2. The summed E-state index contributed by atoms with van der Waals surface area (Å²) in [5.74, 6) is -1.01. The number of aliphatic carboxylic acids is 1. The van der Waals surface area contributed by atoms with E-state index in [1.54, 1.807) is 6.92 Å². The number of carbonyl (C=O) groups excluding carboxylic acids is 1. The van der Waals surface area contributed by atoms with Crippen molar-refractivity contribution < 1.29 is 19.8 Å². The summed E-state index contributed by atoms with van der Waals surface area (Å²) in [6, 6.07) is -1.25. The van der Waals surface area contributed by atoms with Crippen LogP contribution in [0.2, 0.25) is 0 Å². The lowest BCUT2D eigenvalue weighted by molar-refractivity contribution is -0.139. The van der Waals surface area contributed by atoms with E-state index < -0.39 is 23.6 Å². The summed E-state index contributed by atoms with van der Waals surface area (Å²) in [4.78, 5) is 24.3. The van der Waals surface area contributed by atoms with Gasteiger partial charge in [0.15, 0.2) is 0 Å². The normalized spacial score (nSPS) is 24.9. The predicted octanol–water partition coefficient (Wildman–Crippen LogP) is 0.796. The van der Waals surface area contributed by atoms with Gasteiger partial charge in [-0.2, -0.15) is 0 Å². The monoisotopic (exact) mass is 258 g/mol. The maximum Gasteiger partial charge on any atom is 0.326 e. The fourth-order valence-corrected chi connectivity index (χ4v) is 2.02. The van der Waals surface area contributed by atoms with Crippen LogP contribution >= 0.6 is 0 Å². The molecular formula is C12H22N2O4. The van der Waals surface area contributed by atoms with Gasteiger partial charge in [-0.05, 0) is 19.8 Å². The third-order valence-electron chi connectivity index (χ3n) is 3.18. The average Bonchev–Trinajstić information content (AvgIpc) is 2.64. The number of hydrogen-bond donors (Lipinski definition) is 3. The minimum Gasteiger partial charge on any atom is -0.480 e. The first-order chi connectivity index (χ1) is 8.35. The minimum atomic E-state index is -1.01. The largest absolute Gasteiger partial charge is 0.480 e. The Balaban J connectivity index is 2.49. The van der Waals surface area contributed by atoms with Crippen molar-refractivity contribution in [3.63, 3.8) is 0 Å². The number of unbranched alkanes of at least 4 members (excludes halogenated alkanes) is 1. The van der Waals surface area contributed by atoms with Crippen molar-refractivity contribution in [1.82, 2.24) is 10.2 Å². The minimum absolute atomic E-state index is 0.249. The summed E-state index contributed by atoms with van der Waals surface area (Å²) >= 11 is 0. The molecule has 1 unspecified atom stereocenters. The number of likely N-dealkylation sites (tertiary alicyclic amines) is 1. The number of nitrogens with zero attached hydrogens (tertiary/aromatic N) is 1. The zero-order valence-electron chi connectivity index (χ0n) is 11.0. The van der Waals surface area contributed by atoms with E-state index in [-0.39, 0.29) is 6.54 Å². The summed E-state index contributed by atoms with van der Waals surface area (Å²) in [5.41, 5.74) is -0.862. The second-order valence-corrected chi connectivity index (χ2v) is 5.15. The molecule has 3 N–H and O–H groups in total. The van der Waals surface area contributed by atoms with E-state index in [0.29, 0.717) is 19.4 Å². The van der Waals surface area contributed by atoms with Gasteiger partial charge in [0.2, 0.25) is 0 Å². The second kappa shape index (κ2) is 6.04. The number of carboxylic acid groups (broad SMARTS) is 1. The van der Waals surface area contributed by atoms with E-state index in [4.69, 9.17) is 5.11 Å². The van der Waals surface area contributed by atoms with Crippen molar-refractivity contribution in [3.05, 3.63) is 0 Å². The van der Waals surface area contributed by atoms with Crippen LogP contribution in [0, 0.1) is 0 Å². The van der Waals surface area contributed by atoms with E-state index in [2.05, 4.69) is 5.32 Å². The number of urea groups is 1. The van der Waals surface area contributed by atoms with Gasteiger partial charge in [0.1, 0.15) is 6.04 Å². The second-order valence-electron chi connectivity index (χ2n) is 5.15. The van der Waals surface area contributed by atoms with Crippen molar-refractivity contribution in [2.24, 2.45) is 0 Å². The van der Waals surface area contributed by atoms with Crippen molar-refractivity contribution in [1.29, 1.82) is 0 Å². The standard InChI is InChI=1S/C12H22N2O4/c1-3-4-5-9(10(15)16)13-11(17)14-7-6-12(2,18)8-14/h9,18H,3-8H2,1-2H3,(H,13,17)(H,15,16)/t9-,12?/m0/s1. The summed E-state index contributed by atoms with van der Waals surface area (Å²) < 4.78 is 0. The molecule has 0 radical (unpaired) electrons. The first-order valence-electron chi connectivity index (χ1n) is 6.36. The van der Waals surface area contributed by atoms with Crippen LogP contribution in [0.3, 0.4) is 0 Å². The molecule has 0 aliphatic carbocycles. The van der Waals surface area contributed by atoms with Crippen LogP contribution in [0.5, 0.6) is 0 Å². The number of aliphatic hydroxyl groups is 1. The molecule has 18 heavy (non-hydrogen) atoms. The lowest BCUT2D eigenvalue weighted by atomic mass is 10.1. The first kappa shape index (κ1) is 14.8. The molecule has 1 aliphatic rings. The van der Waals surface area contributed by atoms with Crippen LogP contribution in [-0.2, 0) is 4.79 Å². The first-order valence-corrected chi connectivity index (χ1v) is 6.36. The molecule has 1 rings (SSSR count). The maximum atomic E-state index is 11.9. The Hall–Kier alpha value is -1.30. The van der Waals surface area contributed by atoms with Gasteiger partial charge in [-0.3, -0.25) is 0 Å². The molecule has 1 saturated heterocycles. The summed E-state index contributed by atoms with van der Waals surface area (Å²) in [5, 5.41) is 21.3. The highest BCUT2D eigenvalue weighted by Gasteiger charge is 2.35. The van der Waals surface area contributed by atoms with Crippen LogP contribution in [0.1, 0.15) is 39.5 Å². The number of hydrogen-bond acceptors (Lipinski definition) is 3. The molecule has 104 valence electrons. The number of rotatable bonds is 5. The highest BCUT2D eigenvalue weighted by molar-refractivity contribution is 5.82. The van der Waals surface area contributed by atoms with Gasteiger partial charge in [0.25, 0.3) is 0 Å². The number of β-amino-alcohol motifs (C(OH)–C–C–N with tert-alkyl or cyclic N) is 1. The summed E-state index contributed by atoms with van der Waals surface area (Å²) in [6.45, 7) is 4.35. The number of carbonyl (C=O) groups is 2. The van der Waals surface area contributed by atoms with Crippen LogP contribution < -0.4 is 5.32 Å². The van der Waals surface area contributed by atoms with Gasteiger partial charge >= 0.3 is 12.0 Å². The Morgan fingerprint density at radius 2 is 2.17 bits per heavy atom. The predicted molar refractivity (Wildman–Crippen MR) is 66.3 cm³/mol. The highest BCUT2D eigenvalue weighted by atomic mass is 16.4. The maximum absolute atomic E-state index is 11.9. The average molecular weight is 258 g/mol. The molecule has 6 heteroatoms. The SMILES string of the molecule is CCCC[C@H](NC(=O)N1CCC(C)(O)C1)C(=O)O. The van der Waals surface area contributed by atoms with Crippen LogP contribution in [0.25, 0.3) is 0 Å². The van der Waals surface area contributed by atoms with E-state index in [0.717, 1.165) is 12.8 Å². The van der Waals surface area contributed by atoms with Crippen LogP contribution in [-0.4, -0.2) is 51.8 Å². The van der Waals surface area contributed by atoms with Gasteiger partial charge in [0, 0.05) is 6.54 Å². The Kier molecular flexibility index (Phi) is 4.95. The molecule has 2 atom stereocenters. The third-order valence-corrected chi connectivity index (χ3v) is 3.18. The molecule has 1 aliphatic heterocycles. The zero-order chi connectivity index (χ0) is 13.8. The van der Waals surface area contributed by atoms with E-state index in [1.165, 1.54) is 4.90 Å². The van der Waals surface area contributed by atoms with Crippen molar-refractivity contribution in [3.8, 4) is 0 Å². The molecule has 2 amide bonds. The molecule has 0 aromatic carbocycles. The van der Waals surface area contributed by atoms with Gasteiger partial charge in [0.05, 0.1) is 12.1 Å². The quantitative estimate of drug-likeness (QED) is 0.680. The molecule has 0 bridgehead atoms. The molecule has 6 nitrogen and oxygen atoms in total. The molecule has 0 spiro atoms. The van der Waals surface area contributed by atoms with E-state index in [9.17, 15) is 14.7 Å². The van der Waals surface area contributed by atoms with Crippen molar-refractivity contribution in [2.75, 3.05) is 13.1 Å². The molecule has 1 fully saturated rings. The smallest absolute Gasteiger partial charge is 0.326 e. The lowest BCUT2D eigenvalue weighted by Crippen LogP contribution is -2.48. The highest BCUT2D eigenvalue weighted by Crippen LogP contribution is 2.20. The van der Waals surface area contributed by atoms with Crippen molar-refractivity contribution in [2.45, 2.75) is 51.2 Å². The van der Waals surface area contributed by atoms with Gasteiger partial charge in [-0.25, -0.2) is 9.59 Å². The van der Waals surface area contributed by atoms with Gasteiger partial charge in [-0.1, -0.05) is 19.8 Å². The van der Waals surface area contributed by atoms with Gasteiger partial charge < -0.3 is 20.4 Å². The lowest BCUT2D eigenvalue weighted by Gasteiger charge is -2.22. The molecule has 1 heterocycles. The number of carboxylic acids is 1. The molecule has 0 saturated carbocycles. The Labute approximate surface area is 107 Å². The summed E-state index contributed by atoms with van der Waals surface area (Å²) in [7, 11) is 0. The zero-order valence-corrected chi connectivity index (χ0v) is 11.0. The van der Waals surface area contributed by atoms with E-state index >= 15 is 0 Å². The Morgan fingerprint density at radius 1 is 1.50 bits per heavy atom. The fourth-order valence-electron chi connectivity index (χ4n) is 2.02. The van der Waals surface area contributed by atoms with E-state index in [1.807, 2.05) is 6.92 Å². The Morgan fingerprint density at radius 3 is 2.61 bits per heavy atom. The van der Waals surface area contributed by atoms with Crippen LogP contribution in [0.15, 0.2) is 0 Å². The molecule has 0 aromatic heterocycles.